The molecule has 1 N–H and O–H groups in total. The van der Waals surface area contributed by atoms with Gasteiger partial charge in [-0.1, -0.05) is 60.2 Å². The summed E-state index contributed by atoms with van der Waals surface area (Å²) in [5, 5.41) is 4.36. The number of aryl methyl sites for hydroxylation is 1. The van der Waals surface area contributed by atoms with Crippen molar-refractivity contribution in [2.75, 3.05) is 46.0 Å². The van der Waals surface area contributed by atoms with Crippen molar-refractivity contribution in [3.05, 3.63) is 101 Å². The molecule has 1 fully saturated rings. The molecule has 0 saturated carbocycles. The summed E-state index contributed by atoms with van der Waals surface area (Å²) >= 11 is 0. The fourth-order valence-corrected chi connectivity index (χ4v) is 5.38. The summed E-state index contributed by atoms with van der Waals surface area (Å²) in [7, 11) is 0. The third kappa shape index (κ3) is 6.88. The van der Waals surface area contributed by atoms with Gasteiger partial charge >= 0.3 is 0 Å². The van der Waals surface area contributed by atoms with Crippen LogP contribution in [0.1, 0.15) is 41.5 Å². The zero-order chi connectivity index (χ0) is 27.0. The topological polar surface area (TPSA) is 55.7 Å². The van der Waals surface area contributed by atoms with E-state index in [9.17, 15) is 4.79 Å². The van der Waals surface area contributed by atoms with Gasteiger partial charge in [0.05, 0.1) is 19.8 Å². The van der Waals surface area contributed by atoms with E-state index >= 15 is 0 Å². The Morgan fingerprint density at radius 1 is 1.00 bits per heavy atom. The monoisotopic (exact) mass is 525 g/mol. The molecule has 1 aliphatic rings. The Labute approximate surface area is 231 Å². The lowest BCUT2D eigenvalue weighted by atomic mass is 9.88. The van der Waals surface area contributed by atoms with E-state index in [4.69, 9.17) is 9.47 Å². The fourth-order valence-electron chi connectivity index (χ4n) is 5.38. The maximum absolute atomic E-state index is 13.3. The van der Waals surface area contributed by atoms with Gasteiger partial charge in [-0.15, -0.1) is 0 Å². The number of amides is 1. The molecule has 0 unspecified atom stereocenters. The lowest BCUT2D eigenvalue weighted by Crippen LogP contribution is -2.41. The minimum atomic E-state index is -0.0757. The second-order valence-corrected chi connectivity index (χ2v) is 10.3. The van der Waals surface area contributed by atoms with Gasteiger partial charge in [0.15, 0.2) is 0 Å². The van der Waals surface area contributed by atoms with Crippen LogP contribution in [-0.2, 0) is 16.1 Å². The first-order valence-corrected chi connectivity index (χ1v) is 14.0. The maximum atomic E-state index is 13.3. The van der Waals surface area contributed by atoms with Gasteiger partial charge in [-0.25, -0.2) is 0 Å². The number of hydrogen-bond acceptors (Lipinski definition) is 4. The Morgan fingerprint density at radius 3 is 2.49 bits per heavy atom. The Kier molecular flexibility index (Phi) is 8.96. The molecule has 1 amide bonds. The number of fused-ring (bicyclic) bond motifs is 1. The molecule has 0 bridgehead atoms. The number of benzene rings is 3. The maximum Gasteiger partial charge on any atom is 0.220 e. The average Bonchev–Trinajstić information content (AvgIpc) is 3.32. The first-order valence-electron chi connectivity index (χ1n) is 14.0. The van der Waals surface area contributed by atoms with Gasteiger partial charge in [-0.2, -0.15) is 0 Å². The molecule has 6 nitrogen and oxygen atoms in total. The molecule has 1 saturated heterocycles. The molecule has 1 aromatic heterocycles. The van der Waals surface area contributed by atoms with Crippen LogP contribution in [0.3, 0.4) is 0 Å². The zero-order valence-corrected chi connectivity index (χ0v) is 23.1. The van der Waals surface area contributed by atoms with Crippen LogP contribution < -0.4 is 10.1 Å². The highest BCUT2D eigenvalue weighted by Crippen LogP contribution is 2.36. The van der Waals surface area contributed by atoms with Gasteiger partial charge in [-0.05, 0) is 48.7 Å². The van der Waals surface area contributed by atoms with E-state index in [0.717, 1.165) is 50.7 Å². The summed E-state index contributed by atoms with van der Waals surface area (Å²) in [5.41, 5.74) is 5.97. The number of nitrogens with one attached hydrogen (secondary N) is 1. The quantitative estimate of drug-likeness (QED) is 0.286. The number of aromatic nitrogens is 1. The Morgan fingerprint density at radius 2 is 1.74 bits per heavy atom. The number of carbonyl (C=O) groups excluding carboxylic acids is 1. The SMILES string of the molecule is CCOc1ccc([C@@H](CC(=O)NCCN2CCOCC2)c2cn(Cc3ccc(C)cc3)c3ccccc23)cc1. The third-order valence-electron chi connectivity index (χ3n) is 7.51. The number of para-hydroxylation sites is 1. The van der Waals surface area contributed by atoms with Gasteiger partial charge < -0.3 is 19.4 Å². The minimum Gasteiger partial charge on any atom is -0.494 e. The number of ether oxygens (including phenoxy) is 2. The minimum absolute atomic E-state index is 0.0671. The van der Waals surface area contributed by atoms with Crippen LogP contribution in [0.4, 0.5) is 0 Å². The smallest absolute Gasteiger partial charge is 0.220 e. The zero-order valence-electron chi connectivity index (χ0n) is 23.1. The molecule has 1 atom stereocenters. The van der Waals surface area contributed by atoms with E-state index in [-0.39, 0.29) is 11.8 Å². The Hall–Kier alpha value is -3.61. The normalized spacial score (nSPS) is 14.8. The number of nitrogens with zero attached hydrogens (tertiary/aromatic N) is 2. The molecule has 0 spiro atoms. The van der Waals surface area contributed by atoms with E-state index in [0.29, 0.717) is 19.6 Å². The predicted molar refractivity (Wildman–Crippen MR) is 157 cm³/mol. The highest BCUT2D eigenvalue weighted by Gasteiger charge is 2.23. The van der Waals surface area contributed by atoms with Crippen LogP contribution in [0, 0.1) is 6.92 Å². The van der Waals surface area contributed by atoms with Crippen molar-refractivity contribution in [3.8, 4) is 5.75 Å². The Bertz CT molecular complexity index is 1360. The van der Waals surface area contributed by atoms with E-state index < -0.39 is 0 Å². The number of morpholine rings is 1. The fraction of sp³-hybridized carbons (Fsp3) is 0.364. The molecule has 0 radical (unpaired) electrons. The van der Waals surface area contributed by atoms with Crippen molar-refractivity contribution >= 4 is 16.8 Å². The molecule has 6 heteroatoms. The van der Waals surface area contributed by atoms with Crippen LogP contribution in [0.5, 0.6) is 5.75 Å². The molecular weight excluding hydrogens is 486 g/mol. The second-order valence-electron chi connectivity index (χ2n) is 10.3. The number of rotatable bonds is 11. The predicted octanol–water partition coefficient (Wildman–Crippen LogP) is 5.37. The molecule has 2 heterocycles. The summed E-state index contributed by atoms with van der Waals surface area (Å²) in [5.74, 6) is 0.836. The van der Waals surface area contributed by atoms with Crippen molar-refractivity contribution < 1.29 is 14.3 Å². The van der Waals surface area contributed by atoms with Crippen molar-refractivity contribution in [1.82, 2.24) is 14.8 Å². The van der Waals surface area contributed by atoms with Crippen LogP contribution in [0.25, 0.3) is 10.9 Å². The van der Waals surface area contributed by atoms with Crippen molar-refractivity contribution in [2.45, 2.75) is 32.7 Å². The largest absolute Gasteiger partial charge is 0.494 e. The molecule has 5 rings (SSSR count). The molecule has 204 valence electrons. The van der Waals surface area contributed by atoms with Gasteiger partial charge in [0.2, 0.25) is 5.91 Å². The van der Waals surface area contributed by atoms with Gasteiger partial charge in [0.25, 0.3) is 0 Å². The first kappa shape index (κ1) is 27.0. The van der Waals surface area contributed by atoms with Gasteiger partial charge in [-0.3, -0.25) is 9.69 Å². The Balaban J connectivity index is 1.42. The van der Waals surface area contributed by atoms with Crippen molar-refractivity contribution in [2.24, 2.45) is 0 Å². The summed E-state index contributed by atoms with van der Waals surface area (Å²) in [6.07, 6.45) is 2.63. The molecule has 3 aromatic carbocycles. The van der Waals surface area contributed by atoms with Gasteiger partial charge in [0.1, 0.15) is 5.75 Å². The van der Waals surface area contributed by atoms with E-state index in [1.165, 1.54) is 27.6 Å². The van der Waals surface area contributed by atoms with Crippen LogP contribution in [-0.4, -0.2) is 61.4 Å². The van der Waals surface area contributed by atoms with E-state index in [2.05, 4.69) is 88.6 Å². The second kappa shape index (κ2) is 13.0. The number of hydrogen-bond donors (Lipinski definition) is 1. The lowest BCUT2D eigenvalue weighted by Gasteiger charge is -2.26. The first-order chi connectivity index (χ1) is 19.1. The van der Waals surface area contributed by atoms with Gasteiger partial charge in [0, 0.05) is 62.2 Å². The third-order valence-corrected chi connectivity index (χ3v) is 7.51. The van der Waals surface area contributed by atoms with E-state index in [1.54, 1.807) is 0 Å². The van der Waals surface area contributed by atoms with E-state index in [1.807, 2.05) is 19.1 Å². The highest BCUT2D eigenvalue weighted by atomic mass is 16.5. The summed E-state index contributed by atoms with van der Waals surface area (Å²) in [6, 6.07) is 25.4. The molecule has 4 aromatic rings. The van der Waals surface area contributed by atoms with Crippen molar-refractivity contribution in [3.63, 3.8) is 0 Å². The molecular formula is C33H39N3O3. The van der Waals surface area contributed by atoms with Crippen molar-refractivity contribution in [1.29, 1.82) is 0 Å². The molecule has 39 heavy (non-hydrogen) atoms. The standard InChI is InChI=1S/C33H39N3O3/c1-3-39-28-14-12-27(13-15-28)30(22-33(37)34-16-17-35-18-20-38-21-19-35)31-24-36(32-7-5-4-6-29(31)32)23-26-10-8-25(2)9-11-26/h4-15,24,30H,3,16-23H2,1-2H3,(H,34,37)/t30-/m1/s1. The summed E-state index contributed by atoms with van der Waals surface area (Å²) in [6.45, 7) is 10.4. The van der Waals surface area contributed by atoms with Crippen LogP contribution >= 0.6 is 0 Å². The average molecular weight is 526 g/mol. The van der Waals surface area contributed by atoms with Crippen LogP contribution in [0.15, 0.2) is 79.0 Å². The highest BCUT2D eigenvalue weighted by molar-refractivity contribution is 5.86. The van der Waals surface area contributed by atoms with Crippen LogP contribution in [0.2, 0.25) is 0 Å². The lowest BCUT2D eigenvalue weighted by molar-refractivity contribution is -0.121. The molecule has 1 aliphatic heterocycles. The summed E-state index contributed by atoms with van der Waals surface area (Å²) < 4.78 is 13.4. The summed E-state index contributed by atoms with van der Waals surface area (Å²) in [4.78, 5) is 15.6. The molecule has 0 aliphatic carbocycles. The number of carbonyl (C=O) groups is 1.